The predicted molar refractivity (Wildman–Crippen MR) is 61.7 cm³/mol. The highest BCUT2D eigenvalue weighted by Crippen LogP contribution is 2.39. The van der Waals surface area contributed by atoms with Crippen molar-refractivity contribution in [3.05, 3.63) is 0 Å². The van der Waals surface area contributed by atoms with Gasteiger partial charge in [-0.15, -0.1) is 0 Å². The summed E-state index contributed by atoms with van der Waals surface area (Å²) in [5.41, 5.74) is 0. The van der Waals surface area contributed by atoms with Crippen LogP contribution in [0.25, 0.3) is 0 Å². The first-order valence-electron chi connectivity index (χ1n) is 6.56. The zero-order valence-electron chi connectivity index (χ0n) is 10.4. The summed E-state index contributed by atoms with van der Waals surface area (Å²) in [4.78, 5) is 2.23. The molecule has 0 aromatic rings. The average molecular weight is 231 g/mol. The summed E-state index contributed by atoms with van der Waals surface area (Å²) in [6, 6.07) is 0. The van der Waals surface area contributed by atoms with E-state index in [4.69, 9.17) is 0 Å². The summed E-state index contributed by atoms with van der Waals surface area (Å²) >= 11 is 0. The molecule has 0 amide bonds. The van der Waals surface area contributed by atoms with Crippen LogP contribution >= 0.6 is 0 Å². The Hall–Kier alpha value is -0.180. The lowest BCUT2D eigenvalue weighted by atomic mass is 9.69. The Morgan fingerprint density at radius 3 is 2.25 bits per heavy atom. The molecule has 0 atom stereocenters. The molecule has 94 valence electrons. The zero-order chi connectivity index (χ0) is 11.8. The highest BCUT2D eigenvalue weighted by atomic mass is 19.3. The summed E-state index contributed by atoms with van der Waals surface area (Å²) in [5.74, 6) is 0.0635. The van der Waals surface area contributed by atoms with E-state index in [1.54, 1.807) is 0 Å². The Morgan fingerprint density at radius 2 is 1.75 bits per heavy atom. The van der Waals surface area contributed by atoms with Crippen molar-refractivity contribution in [1.29, 1.82) is 0 Å². The molecule has 0 spiro atoms. The third-order valence-electron chi connectivity index (χ3n) is 4.32. The van der Waals surface area contributed by atoms with Gasteiger partial charge in [0.2, 0.25) is 0 Å². The number of alkyl halides is 2. The minimum Gasteiger partial charge on any atom is -0.303 e. The van der Waals surface area contributed by atoms with Gasteiger partial charge in [-0.2, -0.15) is 0 Å². The topological polar surface area (TPSA) is 3.24 Å². The van der Waals surface area contributed by atoms with Crippen molar-refractivity contribution >= 4 is 0 Å². The van der Waals surface area contributed by atoms with E-state index in [1.165, 1.54) is 12.8 Å². The van der Waals surface area contributed by atoms with Crippen LogP contribution in [0.5, 0.6) is 0 Å². The summed E-state index contributed by atoms with van der Waals surface area (Å²) in [5, 5.41) is 0. The lowest BCUT2D eigenvalue weighted by Crippen LogP contribution is -2.44. The van der Waals surface area contributed by atoms with Gasteiger partial charge in [0.05, 0.1) is 0 Å². The van der Waals surface area contributed by atoms with Crippen LogP contribution in [0.1, 0.15) is 39.5 Å². The molecular weight excluding hydrogens is 208 g/mol. The van der Waals surface area contributed by atoms with E-state index in [2.05, 4.69) is 18.7 Å². The van der Waals surface area contributed by atoms with E-state index >= 15 is 0 Å². The zero-order valence-corrected chi connectivity index (χ0v) is 10.4. The Bertz CT molecular complexity index is 224. The van der Waals surface area contributed by atoms with Gasteiger partial charge in [0.15, 0.2) is 0 Å². The number of hydrogen-bond donors (Lipinski definition) is 0. The molecule has 0 aromatic heterocycles. The van der Waals surface area contributed by atoms with Crippen LogP contribution in [-0.4, -0.2) is 30.5 Å². The molecule has 0 aromatic carbocycles. The van der Waals surface area contributed by atoms with Gasteiger partial charge in [-0.1, -0.05) is 13.8 Å². The maximum atomic E-state index is 13.0. The first kappa shape index (κ1) is 12.3. The molecule has 2 rings (SSSR count). The largest absolute Gasteiger partial charge is 0.303 e. The molecule has 1 heterocycles. The number of halogens is 2. The van der Waals surface area contributed by atoms with E-state index in [-0.39, 0.29) is 12.8 Å². The van der Waals surface area contributed by atoms with Crippen LogP contribution in [-0.2, 0) is 0 Å². The molecule has 1 nitrogen and oxygen atoms in total. The van der Waals surface area contributed by atoms with Crippen molar-refractivity contribution in [3.63, 3.8) is 0 Å². The molecule has 1 saturated heterocycles. The molecule has 0 N–H and O–H groups in total. The summed E-state index contributed by atoms with van der Waals surface area (Å²) in [6.45, 7) is 6.80. The number of hydrogen-bond acceptors (Lipinski definition) is 1. The molecule has 1 aliphatic heterocycles. The fraction of sp³-hybridized carbons (Fsp3) is 1.00. The molecule has 1 saturated carbocycles. The van der Waals surface area contributed by atoms with E-state index in [0.29, 0.717) is 13.1 Å². The number of piperidine rings is 1. The van der Waals surface area contributed by atoms with Crippen LogP contribution in [0.15, 0.2) is 0 Å². The smallest absolute Gasteiger partial charge is 0.250 e. The van der Waals surface area contributed by atoms with Crippen LogP contribution in [0.2, 0.25) is 0 Å². The van der Waals surface area contributed by atoms with Crippen molar-refractivity contribution in [3.8, 4) is 0 Å². The van der Waals surface area contributed by atoms with Gasteiger partial charge >= 0.3 is 0 Å². The van der Waals surface area contributed by atoms with Crippen molar-refractivity contribution in [2.45, 2.75) is 45.5 Å². The molecular formula is C13H23F2N. The molecule has 2 fully saturated rings. The Morgan fingerprint density at radius 1 is 1.19 bits per heavy atom. The Kier molecular flexibility index (Phi) is 3.53. The van der Waals surface area contributed by atoms with Gasteiger partial charge in [0.1, 0.15) is 0 Å². The molecule has 0 bridgehead atoms. The second-order valence-corrected chi connectivity index (χ2v) is 6.00. The molecule has 16 heavy (non-hydrogen) atoms. The monoisotopic (exact) mass is 231 g/mol. The first-order chi connectivity index (χ1) is 7.46. The van der Waals surface area contributed by atoms with Crippen molar-refractivity contribution < 1.29 is 8.78 Å². The third-order valence-corrected chi connectivity index (χ3v) is 4.32. The van der Waals surface area contributed by atoms with Crippen molar-refractivity contribution in [2.75, 3.05) is 19.6 Å². The van der Waals surface area contributed by atoms with Crippen molar-refractivity contribution in [2.24, 2.45) is 17.8 Å². The van der Waals surface area contributed by atoms with Gasteiger partial charge in [-0.25, -0.2) is 8.78 Å². The summed E-state index contributed by atoms with van der Waals surface area (Å²) in [7, 11) is 0. The van der Waals surface area contributed by atoms with Gasteiger partial charge in [0.25, 0.3) is 5.92 Å². The predicted octanol–water partition coefficient (Wildman–Crippen LogP) is 3.40. The first-order valence-corrected chi connectivity index (χ1v) is 6.56. The fourth-order valence-corrected chi connectivity index (χ4v) is 2.91. The minimum atomic E-state index is -2.39. The minimum absolute atomic E-state index is 0.0628. The fourth-order valence-electron chi connectivity index (χ4n) is 2.91. The lowest BCUT2D eigenvalue weighted by molar-refractivity contribution is -0.0614. The summed E-state index contributed by atoms with van der Waals surface area (Å²) in [6.07, 6.45) is 2.75. The van der Waals surface area contributed by atoms with Crippen LogP contribution in [0, 0.1) is 17.8 Å². The highest BCUT2D eigenvalue weighted by Gasteiger charge is 2.37. The Balaban J connectivity index is 1.66. The van der Waals surface area contributed by atoms with E-state index in [9.17, 15) is 8.78 Å². The van der Waals surface area contributed by atoms with Crippen LogP contribution < -0.4 is 0 Å². The van der Waals surface area contributed by atoms with Gasteiger partial charge in [-0.05, 0) is 30.6 Å². The second-order valence-electron chi connectivity index (χ2n) is 6.00. The number of likely N-dealkylation sites (tertiary alicyclic amines) is 1. The SMILES string of the molecule is CC(C)[C@H]1C[C@@H](CN2CCC(F)(F)CC2)C1. The van der Waals surface area contributed by atoms with Gasteiger partial charge < -0.3 is 4.90 Å². The average Bonchev–Trinajstić information content (AvgIpc) is 2.12. The van der Waals surface area contributed by atoms with Crippen LogP contribution in [0.4, 0.5) is 8.78 Å². The standard InChI is InChI=1S/C13H23F2N/c1-10(2)12-7-11(8-12)9-16-5-3-13(14,15)4-6-16/h10-12H,3-9H2,1-2H3/t11-,12+. The molecule has 0 radical (unpaired) electrons. The molecule has 3 heteroatoms. The summed E-state index contributed by atoms with van der Waals surface area (Å²) < 4.78 is 25.9. The normalized spacial score (nSPS) is 35.1. The lowest BCUT2D eigenvalue weighted by Gasteiger charge is -2.42. The van der Waals surface area contributed by atoms with Crippen molar-refractivity contribution in [1.82, 2.24) is 4.90 Å². The number of rotatable bonds is 3. The Labute approximate surface area is 97.2 Å². The molecule has 2 aliphatic rings. The second kappa shape index (κ2) is 4.59. The molecule has 1 aliphatic carbocycles. The molecule has 0 unspecified atom stereocenters. The highest BCUT2D eigenvalue weighted by molar-refractivity contribution is 4.85. The maximum Gasteiger partial charge on any atom is 0.250 e. The van der Waals surface area contributed by atoms with E-state index in [1.807, 2.05) is 0 Å². The van der Waals surface area contributed by atoms with Gasteiger partial charge in [0, 0.05) is 32.5 Å². The maximum absolute atomic E-state index is 13.0. The van der Waals surface area contributed by atoms with Crippen LogP contribution in [0.3, 0.4) is 0 Å². The van der Waals surface area contributed by atoms with E-state index < -0.39 is 5.92 Å². The van der Waals surface area contributed by atoms with E-state index in [0.717, 1.165) is 24.3 Å². The quantitative estimate of drug-likeness (QED) is 0.719. The number of nitrogens with zero attached hydrogens (tertiary/aromatic N) is 1. The third kappa shape index (κ3) is 2.93. The van der Waals surface area contributed by atoms with Gasteiger partial charge in [-0.3, -0.25) is 0 Å².